The molecule has 0 unspecified atom stereocenters. The van der Waals surface area contributed by atoms with Crippen LogP contribution < -0.4 is 4.31 Å². The van der Waals surface area contributed by atoms with E-state index in [1.807, 2.05) is 20.0 Å². The van der Waals surface area contributed by atoms with Gasteiger partial charge in [0.05, 0.1) is 17.2 Å². The van der Waals surface area contributed by atoms with Crippen LogP contribution in [-0.2, 0) is 19.6 Å². The van der Waals surface area contributed by atoms with E-state index in [1.54, 1.807) is 18.2 Å². The molecule has 3 rings (SSSR count). The van der Waals surface area contributed by atoms with Gasteiger partial charge in [-0.25, -0.2) is 8.42 Å². The number of benzene rings is 2. The Morgan fingerprint density at radius 1 is 1.13 bits per heavy atom. The van der Waals surface area contributed by atoms with Crippen molar-refractivity contribution < 1.29 is 17.9 Å². The van der Waals surface area contributed by atoms with E-state index >= 15 is 0 Å². The minimum Gasteiger partial charge on any atom is -0.464 e. The Bertz CT molecular complexity index is 1150. The van der Waals surface area contributed by atoms with Gasteiger partial charge in [0.2, 0.25) is 0 Å². The Labute approximate surface area is 185 Å². The molecule has 0 saturated carbocycles. The van der Waals surface area contributed by atoms with Crippen molar-refractivity contribution >= 4 is 55.8 Å². The highest BCUT2D eigenvalue weighted by molar-refractivity contribution is 7.92. The van der Waals surface area contributed by atoms with E-state index in [0.29, 0.717) is 12.1 Å². The van der Waals surface area contributed by atoms with Gasteiger partial charge in [-0.3, -0.25) is 9.10 Å². The number of aromatic nitrogens is 1. The predicted octanol–water partition coefficient (Wildman–Crippen LogP) is 5.32. The molecule has 160 valence electrons. The number of rotatable bonds is 8. The van der Waals surface area contributed by atoms with Gasteiger partial charge in [0, 0.05) is 27.1 Å². The highest BCUT2D eigenvalue weighted by atomic mass is 35.5. The Morgan fingerprint density at radius 3 is 2.50 bits per heavy atom. The normalized spacial score (nSPS) is 11.6. The van der Waals surface area contributed by atoms with Crippen LogP contribution in [0.5, 0.6) is 0 Å². The zero-order valence-corrected chi connectivity index (χ0v) is 18.9. The van der Waals surface area contributed by atoms with Gasteiger partial charge in [0.1, 0.15) is 6.54 Å². The van der Waals surface area contributed by atoms with Crippen LogP contribution >= 0.6 is 23.2 Å². The van der Waals surface area contributed by atoms with Crippen molar-refractivity contribution in [2.45, 2.75) is 31.6 Å². The number of hydrogen-bond acceptors (Lipinski definition) is 4. The third-order valence-electron chi connectivity index (χ3n) is 4.62. The number of anilines is 1. The van der Waals surface area contributed by atoms with Crippen LogP contribution in [0.2, 0.25) is 10.0 Å². The lowest BCUT2D eigenvalue weighted by molar-refractivity contribution is -0.141. The second-order valence-electron chi connectivity index (χ2n) is 6.89. The molecule has 1 heterocycles. The second kappa shape index (κ2) is 9.29. The van der Waals surface area contributed by atoms with Gasteiger partial charge in [-0.1, -0.05) is 36.5 Å². The molecule has 0 aliphatic carbocycles. The monoisotopic (exact) mass is 468 g/mol. The molecular weight excluding hydrogens is 447 g/mol. The Hall–Kier alpha value is -2.22. The number of aryl methyl sites for hydroxylation is 1. The number of H-pyrrole nitrogens is 1. The number of nitrogens with one attached hydrogen (secondary N) is 1. The van der Waals surface area contributed by atoms with Crippen molar-refractivity contribution in [2.24, 2.45) is 0 Å². The van der Waals surface area contributed by atoms with Gasteiger partial charge >= 0.3 is 5.97 Å². The standard InChI is InChI=1S/C21H22Cl2N2O4S/c1-3-4-7-29-21(26)13-25(17-5-6-20-19(11-17)14(2)12-24-20)30(27,28)18-9-15(22)8-16(23)10-18/h5-6,8-12,24H,3-4,7,13H2,1-2H3. The summed E-state index contributed by atoms with van der Waals surface area (Å²) in [6, 6.07) is 9.19. The van der Waals surface area contributed by atoms with E-state index in [1.165, 1.54) is 18.2 Å². The summed E-state index contributed by atoms with van der Waals surface area (Å²) in [7, 11) is -4.14. The fourth-order valence-corrected chi connectivity index (χ4v) is 5.14. The molecule has 1 N–H and O–H groups in total. The number of ether oxygens (including phenoxy) is 1. The molecule has 1 aromatic heterocycles. The number of aromatic amines is 1. The molecule has 6 nitrogen and oxygen atoms in total. The minimum absolute atomic E-state index is 0.104. The first kappa shape index (κ1) is 22.5. The third-order valence-corrected chi connectivity index (χ3v) is 6.81. The van der Waals surface area contributed by atoms with Crippen LogP contribution in [0.1, 0.15) is 25.3 Å². The van der Waals surface area contributed by atoms with Crippen molar-refractivity contribution in [3.63, 3.8) is 0 Å². The number of hydrogen-bond donors (Lipinski definition) is 1. The highest BCUT2D eigenvalue weighted by Gasteiger charge is 2.29. The van der Waals surface area contributed by atoms with E-state index in [0.717, 1.165) is 27.2 Å². The maximum atomic E-state index is 13.5. The summed E-state index contributed by atoms with van der Waals surface area (Å²) in [4.78, 5) is 15.4. The van der Waals surface area contributed by atoms with Crippen LogP contribution in [0.15, 0.2) is 47.5 Å². The first-order valence-electron chi connectivity index (χ1n) is 9.44. The molecule has 0 aliphatic heterocycles. The lowest BCUT2D eigenvalue weighted by Crippen LogP contribution is -2.36. The summed E-state index contributed by atoms with van der Waals surface area (Å²) in [6.07, 6.45) is 3.40. The molecule has 0 radical (unpaired) electrons. The molecule has 0 amide bonds. The summed E-state index contributed by atoms with van der Waals surface area (Å²) in [5.74, 6) is -0.633. The molecule has 2 aromatic carbocycles. The predicted molar refractivity (Wildman–Crippen MR) is 120 cm³/mol. The van der Waals surface area contributed by atoms with Crippen molar-refractivity contribution in [2.75, 3.05) is 17.5 Å². The molecule has 3 aromatic rings. The number of carbonyl (C=O) groups excluding carboxylic acids is 1. The first-order chi connectivity index (χ1) is 14.2. The van der Waals surface area contributed by atoms with Gasteiger partial charge in [-0.05, 0) is 55.3 Å². The van der Waals surface area contributed by atoms with Crippen molar-refractivity contribution in [3.8, 4) is 0 Å². The molecule has 0 spiro atoms. The van der Waals surface area contributed by atoms with Crippen molar-refractivity contribution in [3.05, 3.63) is 58.2 Å². The van der Waals surface area contributed by atoms with Crippen LogP contribution in [0.3, 0.4) is 0 Å². The van der Waals surface area contributed by atoms with Gasteiger partial charge in [-0.2, -0.15) is 0 Å². The number of sulfonamides is 1. The molecular formula is C21H22Cl2N2O4S. The maximum absolute atomic E-state index is 13.5. The number of unbranched alkanes of at least 4 members (excludes halogenated alkanes) is 1. The maximum Gasteiger partial charge on any atom is 0.326 e. The van der Waals surface area contributed by atoms with Gasteiger partial charge < -0.3 is 9.72 Å². The number of carbonyl (C=O) groups is 1. The molecule has 0 aliphatic rings. The Kier molecular flexibility index (Phi) is 6.95. The van der Waals surface area contributed by atoms with Crippen LogP contribution in [0.25, 0.3) is 10.9 Å². The third kappa shape index (κ3) is 4.91. The molecule has 9 heteroatoms. The summed E-state index contributed by atoms with van der Waals surface area (Å²) in [6.45, 7) is 3.66. The van der Waals surface area contributed by atoms with E-state index in [-0.39, 0.29) is 21.5 Å². The zero-order chi connectivity index (χ0) is 21.9. The SMILES string of the molecule is CCCCOC(=O)CN(c1ccc2[nH]cc(C)c2c1)S(=O)(=O)c1cc(Cl)cc(Cl)c1. The number of esters is 1. The smallest absolute Gasteiger partial charge is 0.326 e. The van der Waals surface area contributed by atoms with Crippen LogP contribution in [0.4, 0.5) is 5.69 Å². The Balaban J connectivity index is 2.05. The van der Waals surface area contributed by atoms with E-state index in [4.69, 9.17) is 27.9 Å². The summed E-state index contributed by atoms with van der Waals surface area (Å²) >= 11 is 12.0. The number of halogens is 2. The summed E-state index contributed by atoms with van der Waals surface area (Å²) in [5.41, 5.74) is 2.17. The fraction of sp³-hybridized carbons (Fsp3) is 0.286. The lowest BCUT2D eigenvalue weighted by Gasteiger charge is -2.24. The van der Waals surface area contributed by atoms with E-state index in [9.17, 15) is 13.2 Å². The molecule has 0 atom stereocenters. The summed E-state index contributed by atoms with van der Waals surface area (Å²) < 4.78 is 33.1. The van der Waals surface area contributed by atoms with E-state index < -0.39 is 22.5 Å². The van der Waals surface area contributed by atoms with E-state index in [2.05, 4.69) is 4.98 Å². The topological polar surface area (TPSA) is 79.5 Å². The second-order valence-corrected chi connectivity index (χ2v) is 9.63. The average Bonchev–Trinajstić information content (AvgIpc) is 3.06. The average molecular weight is 469 g/mol. The zero-order valence-electron chi connectivity index (χ0n) is 16.6. The number of nitrogens with zero attached hydrogens (tertiary/aromatic N) is 1. The summed E-state index contributed by atoms with van der Waals surface area (Å²) in [5, 5.41) is 1.23. The van der Waals surface area contributed by atoms with Crippen LogP contribution in [0, 0.1) is 6.92 Å². The Morgan fingerprint density at radius 2 is 1.83 bits per heavy atom. The van der Waals surface area contributed by atoms with Gasteiger partial charge in [-0.15, -0.1) is 0 Å². The van der Waals surface area contributed by atoms with Crippen molar-refractivity contribution in [1.29, 1.82) is 0 Å². The highest BCUT2D eigenvalue weighted by Crippen LogP contribution is 2.30. The quantitative estimate of drug-likeness (QED) is 0.358. The minimum atomic E-state index is -4.14. The molecule has 30 heavy (non-hydrogen) atoms. The largest absolute Gasteiger partial charge is 0.464 e. The molecule has 0 bridgehead atoms. The fourth-order valence-electron chi connectivity index (χ4n) is 3.02. The number of fused-ring (bicyclic) bond motifs is 1. The first-order valence-corrected chi connectivity index (χ1v) is 11.6. The molecule has 0 saturated heterocycles. The van der Waals surface area contributed by atoms with Crippen molar-refractivity contribution in [1.82, 2.24) is 4.98 Å². The molecule has 0 fully saturated rings. The lowest BCUT2D eigenvalue weighted by atomic mass is 10.2. The van der Waals surface area contributed by atoms with Gasteiger partial charge in [0.25, 0.3) is 10.0 Å². The van der Waals surface area contributed by atoms with Crippen LogP contribution in [-0.4, -0.2) is 32.5 Å². The van der Waals surface area contributed by atoms with Gasteiger partial charge in [0.15, 0.2) is 0 Å².